The van der Waals surface area contributed by atoms with Crippen LogP contribution in [0.5, 0.6) is 5.75 Å². The summed E-state index contributed by atoms with van der Waals surface area (Å²) in [5.41, 5.74) is 4.01. The number of nitrogens with zero attached hydrogens (tertiary/aromatic N) is 1. The molecule has 1 heterocycles. The van der Waals surface area contributed by atoms with Gasteiger partial charge in [-0.1, -0.05) is 30.9 Å². The lowest BCUT2D eigenvalue weighted by molar-refractivity contribution is 0.0929. The van der Waals surface area contributed by atoms with Crippen LogP contribution in [0.15, 0.2) is 64.6 Å². The van der Waals surface area contributed by atoms with Crippen molar-refractivity contribution in [3.63, 3.8) is 0 Å². The quantitative estimate of drug-likeness (QED) is 0.197. The van der Waals surface area contributed by atoms with Gasteiger partial charge in [-0.2, -0.15) is 5.10 Å². The topological polar surface area (TPSA) is 63.8 Å². The second-order valence-corrected chi connectivity index (χ2v) is 7.59. The number of hydrogen-bond donors (Lipinski definition) is 1. The second kappa shape index (κ2) is 8.67. The zero-order valence-electron chi connectivity index (χ0n) is 13.5. The van der Waals surface area contributed by atoms with Crippen molar-refractivity contribution in [3.05, 3.63) is 73.6 Å². The maximum absolute atomic E-state index is 12.2. The molecular weight excluding hydrogens is 558 g/mol. The van der Waals surface area contributed by atoms with Gasteiger partial charge in [0.15, 0.2) is 5.76 Å². The molecule has 0 spiro atoms. The van der Waals surface area contributed by atoms with Crippen LogP contribution in [0.2, 0.25) is 0 Å². The molecule has 7 heteroatoms. The Labute approximate surface area is 177 Å². The molecule has 0 atom stereocenters. The molecule has 26 heavy (non-hydrogen) atoms. The number of halogens is 2. The smallest absolute Gasteiger partial charge is 0.307 e. The van der Waals surface area contributed by atoms with Crippen LogP contribution in [-0.2, 0) is 0 Å². The van der Waals surface area contributed by atoms with E-state index in [1.807, 2.05) is 36.4 Å². The van der Waals surface area contributed by atoms with Crippen molar-refractivity contribution in [1.29, 1.82) is 0 Å². The number of rotatable bonds is 6. The summed E-state index contributed by atoms with van der Waals surface area (Å²) >= 11 is 4.41. The Morgan fingerprint density at radius 3 is 2.65 bits per heavy atom. The molecule has 0 unspecified atom stereocenters. The number of hydrogen-bond acceptors (Lipinski definition) is 4. The summed E-state index contributed by atoms with van der Waals surface area (Å²) < 4.78 is 13.1. The van der Waals surface area contributed by atoms with Crippen LogP contribution in [-0.4, -0.2) is 18.7 Å². The van der Waals surface area contributed by atoms with E-state index in [1.165, 1.54) is 0 Å². The fraction of sp³-hybridized carbons (Fsp3) is 0.0526. The number of nitrogens with one attached hydrogen (secondary N) is 1. The molecule has 0 saturated carbocycles. The Kier molecular flexibility index (Phi) is 6.30. The number of carbonyl (C=O) groups excluding carboxylic acids is 1. The van der Waals surface area contributed by atoms with Gasteiger partial charge in [0.05, 0.1) is 13.4 Å². The highest BCUT2D eigenvalue weighted by Gasteiger charge is 2.11. The zero-order chi connectivity index (χ0) is 18.5. The van der Waals surface area contributed by atoms with E-state index in [0.717, 1.165) is 23.8 Å². The molecule has 132 valence electrons. The van der Waals surface area contributed by atoms with Gasteiger partial charge in [0.25, 0.3) is 0 Å². The first-order valence-electron chi connectivity index (χ1n) is 7.63. The number of furan rings is 1. The molecule has 0 saturated heterocycles. The Morgan fingerprint density at radius 2 is 1.96 bits per heavy atom. The number of carbonyl (C=O) groups is 1. The fourth-order valence-electron chi connectivity index (χ4n) is 2.25. The van der Waals surface area contributed by atoms with E-state index in [9.17, 15) is 4.79 Å². The Balaban J connectivity index is 1.69. The number of benzene rings is 2. The van der Waals surface area contributed by atoms with E-state index in [2.05, 4.69) is 62.3 Å². The van der Waals surface area contributed by atoms with Crippen LogP contribution in [0.25, 0.3) is 11.0 Å². The highest BCUT2D eigenvalue weighted by Crippen LogP contribution is 2.28. The normalized spacial score (nSPS) is 11.0. The van der Waals surface area contributed by atoms with Crippen LogP contribution >= 0.6 is 45.2 Å². The molecular formula is C19H14I2N2O3. The summed E-state index contributed by atoms with van der Waals surface area (Å²) in [4.78, 5) is 12.2. The first kappa shape index (κ1) is 18.9. The average Bonchev–Trinajstić information content (AvgIpc) is 3.05. The lowest BCUT2D eigenvalue weighted by atomic mass is 10.2. The summed E-state index contributed by atoms with van der Waals surface area (Å²) in [7, 11) is 0. The van der Waals surface area contributed by atoms with Crippen LogP contribution < -0.4 is 10.2 Å². The minimum atomic E-state index is -0.396. The monoisotopic (exact) mass is 572 g/mol. The molecule has 0 fully saturated rings. The average molecular weight is 572 g/mol. The first-order valence-corrected chi connectivity index (χ1v) is 9.79. The molecule has 0 aliphatic heterocycles. The number of para-hydroxylation sites is 1. The number of fused-ring (bicyclic) bond motifs is 1. The predicted octanol–water partition coefficient (Wildman–Crippen LogP) is 4.97. The third-order valence-electron chi connectivity index (χ3n) is 3.40. The van der Waals surface area contributed by atoms with Crippen molar-refractivity contribution in [2.45, 2.75) is 0 Å². The van der Waals surface area contributed by atoms with Gasteiger partial charge in [0, 0.05) is 5.39 Å². The summed E-state index contributed by atoms with van der Waals surface area (Å²) in [5, 5.41) is 4.89. The molecule has 3 rings (SSSR count). The Bertz CT molecular complexity index is 939. The molecule has 0 aliphatic carbocycles. The largest absolute Gasteiger partial charge is 0.487 e. The van der Waals surface area contributed by atoms with Gasteiger partial charge in [-0.3, -0.25) is 4.79 Å². The maximum atomic E-state index is 12.2. The number of amides is 1. The number of ether oxygens (including phenoxy) is 1. The fourth-order valence-corrected chi connectivity index (χ4v) is 4.38. The highest BCUT2D eigenvalue weighted by molar-refractivity contribution is 14.1. The molecule has 0 aliphatic rings. The van der Waals surface area contributed by atoms with E-state index in [-0.39, 0.29) is 5.76 Å². The lowest BCUT2D eigenvalue weighted by Crippen LogP contribution is -2.16. The predicted molar refractivity (Wildman–Crippen MR) is 119 cm³/mol. The van der Waals surface area contributed by atoms with Crippen molar-refractivity contribution in [2.75, 3.05) is 6.61 Å². The van der Waals surface area contributed by atoms with E-state index >= 15 is 0 Å². The summed E-state index contributed by atoms with van der Waals surface area (Å²) in [6.45, 7) is 4.10. The molecule has 3 aromatic rings. The van der Waals surface area contributed by atoms with E-state index in [1.54, 1.807) is 18.4 Å². The third-order valence-corrected chi connectivity index (χ3v) is 5.00. The van der Waals surface area contributed by atoms with Crippen molar-refractivity contribution in [3.8, 4) is 5.75 Å². The van der Waals surface area contributed by atoms with Crippen molar-refractivity contribution in [1.82, 2.24) is 5.43 Å². The van der Waals surface area contributed by atoms with Crippen molar-refractivity contribution in [2.24, 2.45) is 5.10 Å². The Morgan fingerprint density at radius 1 is 1.23 bits per heavy atom. The minimum absolute atomic E-state index is 0.223. The number of hydrazone groups is 1. The molecule has 0 radical (unpaired) electrons. The van der Waals surface area contributed by atoms with Crippen LogP contribution in [0.3, 0.4) is 0 Å². The SMILES string of the molecule is C=CCOc1c(I)cc(/C=N/NC(=O)c2cc3ccccc3o2)cc1I. The van der Waals surface area contributed by atoms with Crippen LogP contribution in [0, 0.1) is 7.14 Å². The lowest BCUT2D eigenvalue weighted by Gasteiger charge is -2.09. The van der Waals surface area contributed by atoms with Gasteiger partial charge < -0.3 is 9.15 Å². The van der Waals surface area contributed by atoms with Gasteiger partial charge in [0.1, 0.15) is 17.9 Å². The molecule has 5 nitrogen and oxygen atoms in total. The highest BCUT2D eigenvalue weighted by atomic mass is 127. The summed E-state index contributed by atoms with van der Waals surface area (Å²) in [6.07, 6.45) is 3.29. The van der Waals surface area contributed by atoms with Crippen molar-refractivity contribution < 1.29 is 13.9 Å². The van der Waals surface area contributed by atoms with Crippen LogP contribution in [0.4, 0.5) is 0 Å². The zero-order valence-corrected chi connectivity index (χ0v) is 17.9. The third kappa shape index (κ3) is 4.44. The molecule has 1 aromatic heterocycles. The first-order chi connectivity index (χ1) is 12.6. The molecule has 1 amide bonds. The standard InChI is InChI=1S/C19H14I2N2O3/c1-2-7-25-18-14(20)8-12(9-15(18)21)11-22-23-19(24)17-10-13-5-3-4-6-16(13)26-17/h2-6,8-11H,1,7H2,(H,23,24)/b22-11+. The summed E-state index contributed by atoms with van der Waals surface area (Å²) in [5.74, 6) is 0.642. The molecule has 1 N–H and O–H groups in total. The van der Waals surface area contributed by atoms with Gasteiger partial charge in [-0.25, -0.2) is 5.43 Å². The van der Waals surface area contributed by atoms with E-state index in [4.69, 9.17) is 9.15 Å². The maximum Gasteiger partial charge on any atom is 0.307 e. The van der Waals surface area contributed by atoms with Gasteiger partial charge in [-0.05, 0) is 75.0 Å². The van der Waals surface area contributed by atoms with E-state index in [0.29, 0.717) is 12.2 Å². The van der Waals surface area contributed by atoms with Gasteiger partial charge in [0.2, 0.25) is 0 Å². The van der Waals surface area contributed by atoms with Gasteiger partial charge in [-0.15, -0.1) is 0 Å². The minimum Gasteiger partial charge on any atom is -0.487 e. The van der Waals surface area contributed by atoms with Gasteiger partial charge >= 0.3 is 5.91 Å². The van der Waals surface area contributed by atoms with Crippen molar-refractivity contribution >= 4 is 68.3 Å². The van der Waals surface area contributed by atoms with Crippen LogP contribution in [0.1, 0.15) is 16.1 Å². The Hall–Kier alpha value is -1.88. The molecule has 2 aromatic carbocycles. The van der Waals surface area contributed by atoms with E-state index < -0.39 is 5.91 Å². The second-order valence-electron chi connectivity index (χ2n) is 5.26. The molecule has 0 bridgehead atoms. The summed E-state index contributed by atoms with van der Waals surface area (Å²) in [6, 6.07) is 13.0.